The van der Waals surface area contributed by atoms with Gasteiger partial charge in [0.15, 0.2) is 11.0 Å². The fraction of sp³-hybridized carbons (Fsp3) is 0.308. The van der Waals surface area contributed by atoms with Crippen molar-refractivity contribution in [3.63, 3.8) is 0 Å². The lowest BCUT2D eigenvalue weighted by molar-refractivity contribution is -0.133. The number of rotatable bonds is 6. The Bertz CT molecular complexity index is 661. The number of aromatic nitrogens is 3. The molecule has 1 aromatic carbocycles. The largest absolute Gasteiger partial charge is 0.481 e. The highest BCUT2D eigenvalue weighted by atomic mass is 35.5. The number of aliphatic carboxylic acids is 1. The average Bonchev–Trinajstić information content (AvgIpc) is 2.80. The molecule has 1 aromatic heterocycles. The number of hydrogen-bond donors (Lipinski definition) is 1. The summed E-state index contributed by atoms with van der Waals surface area (Å²) in [4.78, 5) is 10.7. The number of thioether (sulfide) groups is 1. The number of halogens is 2. The molecule has 112 valence electrons. The Hall–Kier alpha value is -1.24. The summed E-state index contributed by atoms with van der Waals surface area (Å²) >= 11 is 13.2. The molecule has 5 nitrogen and oxygen atoms in total. The summed E-state index contributed by atoms with van der Waals surface area (Å²) in [7, 11) is 0. The van der Waals surface area contributed by atoms with E-state index in [9.17, 15) is 4.79 Å². The van der Waals surface area contributed by atoms with Crippen molar-refractivity contribution in [3.05, 3.63) is 28.2 Å². The molecule has 1 N–H and O–H groups in total. The van der Waals surface area contributed by atoms with E-state index < -0.39 is 5.97 Å². The average molecular weight is 346 g/mol. The minimum absolute atomic E-state index is 0.0593. The van der Waals surface area contributed by atoms with Gasteiger partial charge in [-0.1, -0.05) is 41.9 Å². The van der Waals surface area contributed by atoms with Gasteiger partial charge in [-0.15, -0.1) is 10.2 Å². The maximum Gasteiger partial charge on any atom is 0.313 e. The van der Waals surface area contributed by atoms with Gasteiger partial charge < -0.3 is 9.67 Å². The Morgan fingerprint density at radius 1 is 1.38 bits per heavy atom. The SMILES string of the molecule is CCCn1c(SCC(=O)O)nnc1-c1ccc(Cl)cc1Cl. The number of hydrogen-bond acceptors (Lipinski definition) is 4. The summed E-state index contributed by atoms with van der Waals surface area (Å²) in [6.45, 7) is 2.71. The van der Waals surface area contributed by atoms with E-state index in [-0.39, 0.29) is 5.75 Å². The molecule has 0 radical (unpaired) electrons. The van der Waals surface area contributed by atoms with E-state index in [1.165, 1.54) is 0 Å². The lowest BCUT2D eigenvalue weighted by atomic mass is 10.2. The van der Waals surface area contributed by atoms with Crippen molar-refractivity contribution in [1.29, 1.82) is 0 Å². The first-order chi connectivity index (χ1) is 10.0. The van der Waals surface area contributed by atoms with Crippen molar-refractivity contribution in [2.24, 2.45) is 0 Å². The third kappa shape index (κ3) is 3.90. The van der Waals surface area contributed by atoms with E-state index in [4.69, 9.17) is 28.3 Å². The van der Waals surface area contributed by atoms with Crippen molar-refractivity contribution >= 4 is 40.9 Å². The van der Waals surface area contributed by atoms with Gasteiger partial charge in [0.2, 0.25) is 0 Å². The first-order valence-corrected chi connectivity index (χ1v) is 8.00. The third-order valence-corrected chi connectivity index (χ3v) is 4.16. The van der Waals surface area contributed by atoms with Gasteiger partial charge in [0, 0.05) is 17.1 Å². The number of carbonyl (C=O) groups is 1. The topological polar surface area (TPSA) is 68.0 Å². The number of nitrogens with zero attached hydrogens (tertiary/aromatic N) is 3. The zero-order valence-electron chi connectivity index (χ0n) is 11.2. The second-order valence-corrected chi connectivity index (χ2v) is 6.05. The Morgan fingerprint density at radius 2 is 2.14 bits per heavy atom. The van der Waals surface area contributed by atoms with E-state index >= 15 is 0 Å². The minimum atomic E-state index is -0.892. The molecule has 0 spiro atoms. The van der Waals surface area contributed by atoms with Crippen molar-refractivity contribution in [2.75, 3.05) is 5.75 Å². The van der Waals surface area contributed by atoms with Gasteiger partial charge in [0.1, 0.15) is 0 Å². The summed E-state index contributed by atoms with van der Waals surface area (Å²) in [5.74, 6) is -0.334. The summed E-state index contributed by atoms with van der Waals surface area (Å²) in [6, 6.07) is 5.16. The quantitative estimate of drug-likeness (QED) is 0.805. The predicted molar refractivity (Wildman–Crippen MR) is 84.1 cm³/mol. The third-order valence-electron chi connectivity index (χ3n) is 2.66. The fourth-order valence-corrected chi connectivity index (χ4v) is 2.99. The maximum absolute atomic E-state index is 10.7. The molecule has 0 unspecified atom stereocenters. The predicted octanol–water partition coefficient (Wildman–Crippen LogP) is 3.84. The van der Waals surface area contributed by atoms with Crippen LogP contribution in [0.25, 0.3) is 11.4 Å². The van der Waals surface area contributed by atoms with Crippen LogP contribution in [0.3, 0.4) is 0 Å². The number of benzene rings is 1. The van der Waals surface area contributed by atoms with Crippen molar-refractivity contribution in [1.82, 2.24) is 14.8 Å². The highest BCUT2D eigenvalue weighted by molar-refractivity contribution is 7.99. The summed E-state index contributed by atoms with van der Waals surface area (Å²) in [6.07, 6.45) is 0.872. The van der Waals surface area contributed by atoms with Gasteiger partial charge in [-0.2, -0.15) is 0 Å². The minimum Gasteiger partial charge on any atom is -0.481 e. The van der Waals surface area contributed by atoms with Gasteiger partial charge in [-0.25, -0.2) is 0 Å². The zero-order valence-corrected chi connectivity index (χ0v) is 13.5. The van der Waals surface area contributed by atoms with E-state index in [0.717, 1.165) is 23.7 Å². The van der Waals surface area contributed by atoms with E-state index in [0.29, 0.717) is 27.6 Å². The second kappa shape index (κ2) is 7.15. The molecule has 0 saturated carbocycles. The molecule has 0 saturated heterocycles. The molecule has 2 aromatic rings. The maximum atomic E-state index is 10.7. The lowest BCUT2D eigenvalue weighted by Gasteiger charge is -2.09. The highest BCUT2D eigenvalue weighted by Gasteiger charge is 2.17. The normalized spacial score (nSPS) is 10.8. The van der Waals surface area contributed by atoms with E-state index in [1.54, 1.807) is 18.2 Å². The van der Waals surface area contributed by atoms with Crippen LogP contribution in [0.1, 0.15) is 13.3 Å². The molecule has 0 aliphatic heterocycles. The van der Waals surface area contributed by atoms with Gasteiger partial charge in [0.05, 0.1) is 10.8 Å². The first kappa shape index (κ1) is 16.1. The van der Waals surface area contributed by atoms with Crippen LogP contribution in [0, 0.1) is 0 Å². The number of carboxylic acids is 1. The summed E-state index contributed by atoms with van der Waals surface area (Å²) < 4.78 is 1.88. The smallest absolute Gasteiger partial charge is 0.313 e. The molecule has 0 aliphatic carbocycles. The van der Waals surface area contributed by atoms with Crippen LogP contribution in [0.2, 0.25) is 10.0 Å². The van der Waals surface area contributed by atoms with Crippen LogP contribution in [0.5, 0.6) is 0 Å². The highest BCUT2D eigenvalue weighted by Crippen LogP contribution is 2.31. The molecule has 0 fully saturated rings. The molecular weight excluding hydrogens is 333 g/mol. The Morgan fingerprint density at radius 3 is 2.76 bits per heavy atom. The Labute approximate surface area is 136 Å². The molecule has 8 heteroatoms. The van der Waals surface area contributed by atoms with Crippen molar-refractivity contribution in [3.8, 4) is 11.4 Å². The molecule has 21 heavy (non-hydrogen) atoms. The number of carboxylic acid groups (broad SMARTS) is 1. The standard InChI is InChI=1S/C13H13Cl2N3O2S/c1-2-5-18-12(9-4-3-8(14)6-10(9)15)16-17-13(18)21-7-11(19)20/h3-4,6H,2,5,7H2,1H3,(H,19,20). The van der Waals surface area contributed by atoms with Gasteiger partial charge >= 0.3 is 5.97 Å². The van der Waals surface area contributed by atoms with Crippen LogP contribution < -0.4 is 0 Å². The molecule has 0 aliphatic rings. The first-order valence-electron chi connectivity index (χ1n) is 6.26. The van der Waals surface area contributed by atoms with Crippen LogP contribution in [0.4, 0.5) is 0 Å². The lowest BCUT2D eigenvalue weighted by Crippen LogP contribution is -2.04. The molecular formula is C13H13Cl2N3O2S. The van der Waals surface area contributed by atoms with Crippen molar-refractivity contribution in [2.45, 2.75) is 25.0 Å². The Balaban J connectivity index is 2.41. The van der Waals surface area contributed by atoms with Gasteiger partial charge in [0.25, 0.3) is 0 Å². The van der Waals surface area contributed by atoms with E-state index in [1.807, 2.05) is 11.5 Å². The summed E-state index contributed by atoms with van der Waals surface area (Å²) in [5.41, 5.74) is 0.726. The van der Waals surface area contributed by atoms with Crippen LogP contribution in [-0.2, 0) is 11.3 Å². The zero-order chi connectivity index (χ0) is 15.4. The fourth-order valence-electron chi connectivity index (χ4n) is 1.82. The summed E-state index contributed by atoms with van der Waals surface area (Å²) in [5, 5.41) is 18.6. The molecule has 2 rings (SSSR count). The van der Waals surface area contributed by atoms with Gasteiger partial charge in [-0.3, -0.25) is 4.79 Å². The van der Waals surface area contributed by atoms with E-state index in [2.05, 4.69) is 10.2 Å². The molecule has 0 atom stereocenters. The molecule has 1 heterocycles. The van der Waals surface area contributed by atoms with Gasteiger partial charge in [-0.05, 0) is 24.6 Å². The van der Waals surface area contributed by atoms with Crippen LogP contribution in [-0.4, -0.2) is 31.6 Å². The molecule has 0 amide bonds. The Kier molecular flexibility index (Phi) is 5.50. The van der Waals surface area contributed by atoms with Crippen LogP contribution >= 0.6 is 35.0 Å². The van der Waals surface area contributed by atoms with Crippen molar-refractivity contribution < 1.29 is 9.90 Å². The monoisotopic (exact) mass is 345 g/mol. The molecule has 0 bridgehead atoms. The van der Waals surface area contributed by atoms with Crippen LogP contribution in [0.15, 0.2) is 23.4 Å². The second-order valence-electron chi connectivity index (χ2n) is 4.26.